The molecule has 8 nitrogen and oxygen atoms in total. The number of rotatable bonds is 3. The van der Waals surface area contributed by atoms with Gasteiger partial charge in [0.25, 0.3) is 0 Å². The van der Waals surface area contributed by atoms with Crippen LogP contribution in [0.5, 0.6) is 0 Å². The Hall–Kier alpha value is -2.12. The van der Waals surface area contributed by atoms with E-state index in [4.69, 9.17) is 5.26 Å². The normalized spacial score (nSPS) is 12.6. The molecule has 148 valence electrons. The van der Waals surface area contributed by atoms with E-state index in [9.17, 15) is 43.2 Å². The summed E-state index contributed by atoms with van der Waals surface area (Å²) in [6.45, 7) is 0. The SMILES string of the molecule is CN(C)c1cc[n+](C#N)cc1.O=S(=O)([N-]S(=O)(=O)C(F)(F)F)C(F)(F)F. The molecular formula is C10H10F6N4O4S2. The zero-order valence-electron chi connectivity index (χ0n) is 12.8. The summed E-state index contributed by atoms with van der Waals surface area (Å²) >= 11 is 0. The highest BCUT2D eigenvalue weighted by Crippen LogP contribution is 2.36. The van der Waals surface area contributed by atoms with Crippen molar-refractivity contribution in [3.63, 3.8) is 0 Å². The van der Waals surface area contributed by atoms with Crippen LogP contribution in [-0.4, -0.2) is 41.9 Å². The number of pyridine rings is 1. The molecule has 0 saturated carbocycles. The molecule has 0 aliphatic heterocycles. The number of hydrogen-bond acceptors (Lipinski definition) is 6. The summed E-state index contributed by atoms with van der Waals surface area (Å²) in [6, 6.07) is 3.78. The quantitative estimate of drug-likeness (QED) is 0.532. The van der Waals surface area contributed by atoms with Gasteiger partial charge < -0.3 is 9.03 Å². The van der Waals surface area contributed by atoms with Gasteiger partial charge in [-0.25, -0.2) is 16.8 Å². The van der Waals surface area contributed by atoms with E-state index < -0.39 is 31.1 Å². The van der Waals surface area contributed by atoms with Gasteiger partial charge in [0.1, 0.15) is 12.4 Å². The number of anilines is 1. The Labute approximate surface area is 144 Å². The Balaban J connectivity index is 0.000000502. The van der Waals surface area contributed by atoms with Gasteiger partial charge in [-0.1, -0.05) is 0 Å². The second-order valence-electron chi connectivity index (χ2n) is 4.37. The second kappa shape index (κ2) is 8.05. The monoisotopic (exact) mass is 428 g/mol. The van der Waals surface area contributed by atoms with Crippen molar-refractivity contribution in [3.8, 4) is 6.19 Å². The van der Waals surface area contributed by atoms with Gasteiger partial charge in [-0.05, 0) is 0 Å². The number of alkyl halides is 6. The van der Waals surface area contributed by atoms with Crippen molar-refractivity contribution < 1.29 is 47.7 Å². The molecule has 0 radical (unpaired) electrons. The minimum atomic E-state index is -6.72. The summed E-state index contributed by atoms with van der Waals surface area (Å²) in [6.07, 6.45) is 5.45. The van der Waals surface area contributed by atoms with Crippen molar-refractivity contribution in [2.45, 2.75) is 11.0 Å². The first-order valence-corrected chi connectivity index (χ1v) is 8.78. The molecule has 0 N–H and O–H groups in total. The zero-order chi connectivity index (χ0) is 21.0. The Morgan fingerprint density at radius 3 is 1.54 bits per heavy atom. The Morgan fingerprint density at radius 1 is 0.962 bits per heavy atom. The van der Waals surface area contributed by atoms with Crippen LogP contribution in [-0.2, 0) is 20.0 Å². The molecule has 0 aliphatic carbocycles. The maximum atomic E-state index is 11.4. The molecule has 1 heterocycles. The lowest BCUT2D eigenvalue weighted by Crippen LogP contribution is -2.30. The molecule has 0 aromatic carbocycles. The lowest BCUT2D eigenvalue weighted by molar-refractivity contribution is -0.586. The van der Waals surface area contributed by atoms with E-state index in [2.05, 4.69) is 0 Å². The molecule has 0 spiro atoms. The van der Waals surface area contributed by atoms with Gasteiger partial charge in [-0.15, -0.1) is 4.57 Å². The van der Waals surface area contributed by atoms with E-state index in [0.717, 1.165) is 9.81 Å². The van der Waals surface area contributed by atoms with Gasteiger partial charge in [0.05, 0.1) is 0 Å². The smallest absolute Gasteiger partial charge is 0.421 e. The predicted octanol–water partition coefficient (Wildman–Crippen LogP) is 1.43. The molecular weight excluding hydrogens is 418 g/mol. The van der Waals surface area contributed by atoms with Crippen molar-refractivity contribution >= 4 is 25.7 Å². The minimum absolute atomic E-state index is 0.778. The largest absolute Gasteiger partial charge is 0.480 e. The summed E-state index contributed by atoms with van der Waals surface area (Å²) in [5.74, 6) is 0. The summed E-state index contributed by atoms with van der Waals surface area (Å²) in [5.41, 5.74) is -11.3. The number of aromatic nitrogens is 1. The molecule has 16 heteroatoms. The van der Waals surface area contributed by atoms with Crippen LogP contribution in [0.2, 0.25) is 0 Å². The molecule has 0 saturated heterocycles. The van der Waals surface area contributed by atoms with E-state index >= 15 is 0 Å². The molecule has 0 bridgehead atoms. The van der Waals surface area contributed by atoms with Gasteiger partial charge in [0.15, 0.2) is 25.3 Å². The van der Waals surface area contributed by atoms with Crippen LogP contribution in [0.3, 0.4) is 0 Å². The summed E-state index contributed by atoms with van der Waals surface area (Å²) in [7, 11) is -9.51. The van der Waals surface area contributed by atoms with Crippen LogP contribution < -0.4 is 9.47 Å². The molecule has 26 heavy (non-hydrogen) atoms. The molecule has 1 rings (SSSR count). The van der Waals surface area contributed by atoms with Gasteiger partial charge >= 0.3 is 17.2 Å². The van der Waals surface area contributed by atoms with E-state index in [1.807, 2.05) is 37.3 Å². The predicted molar refractivity (Wildman–Crippen MR) is 75.3 cm³/mol. The number of halogens is 6. The summed E-state index contributed by atoms with van der Waals surface area (Å²) in [4.78, 5) is 1.99. The van der Waals surface area contributed by atoms with Gasteiger partial charge in [-0.2, -0.15) is 26.3 Å². The molecule has 0 aliphatic rings. The van der Waals surface area contributed by atoms with Gasteiger partial charge in [-0.3, -0.25) is 0 Å². The second-order valence-corrected chi connectivity index (χ2v) is 7.80. The van der Waals surface area contributed by atoms with E-state index in [1.165, 1.54) is 4.57 Å². The third-order valence-corrected chi connectivity index (χ3v) is 4.96. The first-order valence-electron chi connectivity index (χ1n) is 5.90. The maximum Gasteiger partial charge on any atom is 0.480 e. The Morgan fingerprint density at radius 2 is 1.31 bits per heavy atom. The first-order chi connectivity index (χ1) is 11.4. The van der Waals surface area contributed by atoms with Crippen molar-refractivity contribution in [2.75, 3.05) is 19.0 Å². The Bertz CT molecular complexity index is 813. The van der Waals surface area contributed by atoms with Crippen molar-refractivity contribution in [1.82, 2.24) is 0 Å². The lowest BCUT2D eigenvalue weighted by atomic mass is 10.4. The first kappa shape index (κ1) is 23.9. The number of sulfonamides is 2. The summed E-state index contributed by atoms with van der Waals surface area (Å²) < 4.78 is 111. The van der Waals surface area contributed by atoms with Crippen LogP contribution in [0.4, 0.5) is 32.0 Å². The highest BCUT2D eigenvalue weighted by Gasteiger charge is 2.46. The maximum absolute atomic E-state index is 11.4. The molecule has 0 atom stereocenters. The van der Waals surface area contributed by atoms with Crippen molar-refractivity contribution in [2.24, 2.45) is 0 Å². The summed E-state index contributed by atoms with van der Waals surface area (Å²) in [5, 5.41) is 8.47. The average molecular weight is 428 g/mol. The average Bonchev–Trinajstić information content (AvgIpc) is 2.44. The number of nitriles is 1. The minimum Gasteiger partial charge on any atom is -0.421 e. The fourth-order valence-electron chi connectivity index (χ4n) is 0.997. The van der Waals surface area contributed by atoms with E-state index in [1.54, 1.807) is 12.4 Å². The molecule has 0 amide bonds. The number of hydrogen-bond donors (Lipinski definition) is 0. The van der Waals surface area contributed by atoms with Gasteiger partial charge in [0.2, 0.25) is 0 Å². The third-order valence-electron chi connectivity index (χ3n) is 2.22. The van der Waals surface area contributed by atoms with Crippen molar-refractivity contribution in [3.05, 3.63) is 28.7 Å². The molecule has 1 aromatic rings. The third kappa shape index (κ3) is 6.65. The Kier molecular flexibility index (Phi) is 7.40. The van der Waals surface area contributed by atoms with Crippen LogP contribution in [0.25, 0.3) is 4.13 Å². The van der Waals surface area contributed by atoms with E-state index in [-0.39, 0.29) is 0 Å². The fraction of sp³-hybridized carbons (Fsp3) is 0.400. The van der Waals surface area contributed by atoms with Crippen LogP contribution >= 0.6 is 0 Å². The van der Waals surface area contributed by atoms with Crippen LogP contribution in [0.1, 0.15) is 0 Å². The van der Waals surface area contributed by atoms with Crippen molar-refractivity contribution in [1.29, 1.82) is 5.26 Å². The highest BCUT2D eigenvalue weighted by atomic mass is 32.3. The lowest BCUT2D eigenvalue weighted by Gasteiger charge is -2.22. The van der Waals surface area contributed by atoms with Crippen LogP contribution in [0, 0.1) is 11.5 Å². The molecule has 0 unspecified atom stereocenters. The van der Waals surface area contributed by atoms with Gasteiger partial charge in [0, 0.05) is 31.9 Å². The number of nitrogens with zero attached hydrogens (tertiary/aromatic N) is 4. The topological polar surface area (TPSA) is 113 Å². The van der Waals surface area contributed by atoms with E-state index in [0.29, 0.717) is 0 Å². The standard InChI is InChI=1S/C8H10N3.C2F6NO4S2/c1-10(2)8-3-5-11(7-9)6-4-8;3-1(4,5)14(10,11)9-15(12,13)2(6,7)8/h3-6H,1-2H3;/q+1;-1. The molecule has 0 fully saturated rings. The zero-order valence-corrected chi connectivity index (χ0v) is 14.4. The van der Waals surface area contributed by atoms with Crippen LogP contribution in [0.15, 0.2) is 24.5 Å². The fourth-order valence-corrected chi connectivity index (χ4v) is 2.71. The molecule has 1 aromatic heterocycles. The highest BCUT2D eigenvalue weighted by molar-refractivity contribution is 8.13.